The van der Waals surface area contributed by atoms with E-state index in [0.717, 1.165) is 5.56 Å². The Morgan fingerprint density at radius 1 is 0.947 bits per heavy atom. The van der Waals surface area contributed by atoms with E-state index in [9.17, 15) is 8.42 Å². The van der Waals surface area contributed by atoms with E-state index in [-0.39, 0.29) is 4.90 Å². The van der Waals surface area contributed by atoms with E-state index in [1.165, 1.54) is 0 Å². The van der Waals surface area contributed by atoms with E-state index >= 15 is 0 Å². The molecule has 1 heterocycles. The molecule has 0 N–H and O–H groups in total. The largest absolute Gasteiger partial charge is 0.347 e. The van der Waals surface area contributed by atoms with Gasteiger partial charge in [0.1, 0.15) is 6.10 Å². The maximum Gasteiger partial charge on any atom is 0.208 e. The second-order valence-electron chi connectivity index (χ2n) is 4.33. The highest BCUT2D eigenvalue weighted by molar-refractivity contribution is 7.92. The van der Waals surface area contributed by atoms with Crippen molar-refractivity contribution < 1.29 is 13.2 Å². The highest BCUT2D eigenvalue weighted by atomic mass is 35.5. The van der Waals surface area contributed by atoms with Crippen molar-refractivity contribution in [2.45, 2.75) is 16.4 Å². The Balaban J connectivity index is 1.85. The van der Waals surface area contributed by atoms with E-state index < -0.39 is 21.4 Å². The zero-order valence-corrected chi connectivity index (χ0v) is 11.4. The Morgan fingerprint density at radius 3 is 2.21 bits per heavy atom. The number of hydrogen-bond acceptors (Lipinski definition) is 3. The summed E-state index contributed by atoms with van der Waals surface area (Å²) < 4.78 is 29.9. The van der Waals surface area contributed by atoms with Crippen LogP contribution in [-0.4, -0.2) is 13.9 Å². The van der Waals surface area contributed by atoms with Crippen LogP contribution < -0.4 is 0 Å². The van der Waals surface area contributed by atoms with E-state index in [1.54, 1.807) is 54.6 Å². The monoisotopic (exact) mass is 294 g/mol. The quantitative estimate of drug-likeness (QED) is 0.817. The molecule has 0 aliphatic carbocycles. The van der Waals surface area contributed by atoms with Crippen LogP contribution in [-0.2, 0) is 14.6 Å². The van der Waals surface area contributed by atoms with Crippen molar-refractivity contribution in [3.63, 3.8) is 0 Å². The minimum atomic E-state index is -3.43. The summed E-state index contributed by atoms with van der Waals surface area (Å²) in [6.07, 6.45) is -0.400. The van der Waals surface area contributed by atoms with Crippen LogP contribution in [0.3, 0.4) is 0 Å². The molecule has 3 nitrogen and oxygen atoms in total. The SMILES string of the molecule is O=S(=O)(c1ccccc1)C1OC1c1ccc(Cl)cc1. The van der Waals surface area contributed by atoms with Crippen LogP contribution in [0.25, 0.3) is 0 Å². The third-order valence-electron chi connectivity index (χ3n) is 3.03. The molecule has 3 rings (SSSR count). The van der Waals surface area contributed by atoms with E-state index in [2.05, 4.69) is 0 Å². The zero-order chi connectivity index (χ0) is 13.5. The van der Waals surface area contributed by atoms with Gasteiger partial charge in [-0.3, -0.25) is 0 Å². The fourth-order valence-electron chi connectivity index (χ4n) is 1.97. The van der Waals surface area contributed by atoms with Crippen molar-refractivity contribution in [3.05, 3.63) is 65.2 Å². The van der Waals surface area contributed by atoms with Gasteiger partial charge < -0.3 is 4.74 Å². The van der Waals surface area contributed by atoms with Crippen molar-refractivity contribution >= 4 is 21.4 Å². The average molecular weight is 295 g/mol. The molecule has 0 bridgehead atoms. The molecule has 0 aromatic heterocycles. The van der Waals surface area contributed by atoms with Gasteiger partial charge in [-0.05, 0) is 29.8 Å². The number of epoxide rings is 1. The van der Waals surface area contributed by atoms with Crippen molar-refractivity contribution in [3.8, 4) is 0 Å². The number of sulfone groups is 1. The van der Waals surface area contributed by atoms with Gasteiger partial charge in [-0.25, -0.2) is 8.42 Å². The Labute approximate surface area is 116 Å². The van der Waals surface area contributed by atoms with Crippen LogP contribution in [0.15, 0.2) is 59.5 Å². The first-order valence-corrected chi connectivity index (χ1v) is 7.71. The van der Waals surface area contributed by atoms with Crippen LogP contribution in [0, 0.1) is 0 Å². The molecule has 1 saturated heterocycles. The summed E-state index contributed by atoms with van der Waals surface area (Å²) in [7, 11) is -3.43. The number of rotatable bonds is 3. The highest BCUT2D eigenvalue weighted by Gasteiger charge is 2.50. The lowest BCUT2D eigenvalue weighted by molar-refractivity contribution is 0.399. The summed E-state index contributed by atoms with van der Waals surface area (Å²) in [4.78, 5) is 0.288. The average Bonchev–Trinajstić information content (AvgIpc) is 3.22. The van der Waals surface area contributed by atoms with Crippen molar-refractivity contribution in [1.82, 2.24) is 0 Å². The second kappa shape index (κ2) is 4.63. The predicted octanol–water partition coefficient (Wildman–Crippen LogP) is 3.21. The summed E-state index contributed by atoms with van der Waals surface area (Å²) in [6, 6.07) is 15.4. The van der Waals surface area contributed by atoms with Crippen molar-refractivity contribution in [1.29, 1.82) is 0 Å². The number of halogens is 1. The molecule has 5 heteroatoms. The smallest absolute Gasteiger partial charge is 0.208 e. The molecule has 98 valence electrons. The molecular formula is C14H11ClO3S. The lowest BCUT2D eigenvalue weighted by Gasteiger charge is -2.00. The third kappa shape index (κ3) is 2.39. The minimum absolute atomic E-state index is 0.288. The Hall–Kier alpha value is -1.36. The van der Waals surface area contributed by atoms with Crippen molar-refractivity contribution in [2.75, 3.05) is 0 Å². The summed E-state index contributed by atoms with van der Waals surface area (Å²) >= 11 is 5.80. The van der Waals surface area contributed by atoms with Crippen LogP contribution >= 0.6 is 11.6 Å². The molecule has 1 aliphatic rings. The second-order valence-corrected chi connectivity index (χ2v) is 6.80. The van der Waals surface area contributed by atoms with Gasteiger partial charge in [0, 0.05) is 5.02 Å². The first-order valence-electron chi connectivity index (χ1n) is 5.79. The maximum absolute atomic E-state index is 12.3. The third-order valence-corrected chi connectivity index (χ3v) is 5.18. The van der Waals surface area contributed by atoms with Gasteiger partial charge in [-0.1, -0.05) is 41.9 Å². The fourth-order valence-corrected chi connectivity index (χ4v) is 3.65. The zero-order valence-electron chi connectivity index (χ0n) is 9.86. The normalized spacial score (nSPS) is 22.2. The van der Waals surface area contributed by atoms with E-state index in [0.29, 0.717) is 5.02 Å². The van der Waals surface area contributed by atoms with Crippen molar-refractivity contribution in [2.24, 2.45) is 0 Å². The summed E-state index contributed by atoms with van der Waals surface area (Å²) in [5, 5.41) is 0.617. The summed E-state index contributed by atoms with van der Waals surface area (Å²) in [6.45, 7) is 0. The Kier molecular flexibility index (Phi) is 3.09. The van der Waals surface area contributed by atoms with Crippen LogP contribution in [0.5, 0.6) is 0 Å². The van der Waals surface area contributed by atoms with Gasteiger partial charge >= 0.3 is 0 Å². The summed E-state index contributed by atoms with van der Waals surface area (Å²) in [5.41, 5.74) is 0.0324. The topological polar surface area (TPSA) is 46.7 Å². The van der Waals surface area contributed by atoms with Crippen LogP contribution in [0.1, 0.15) is 11.7 Å². The van der Waals surface area contributed by atoms with Gasteiger partial charge in [-0.15, -0.1) is 0 Å². The van der Waals surface area contributed by atoms with Gasteiger partial charge in [-0.2, -0.15) is 0 Å². The maximum atomic E-state index is 12.3. The van der Waals surface area contributed by atoms with Gasteiger partial charge in [0.15, 0.2) is 5.44 Å². The molecule has 0 saturated carbocycles. The number of ether oxygens (including phenoxy) is 1. The molecular weight excluding hydrogens is 284 g/mol. The molecule has 19 heavy (non-hydrogen) atoms. The minimum Gasteiger partial charge on any atom is -0.347 e. The summed E-state index contributed by atoms with van der Waals surface area (Å²) in [5.74, 6) is 0. The first-order chi connectivity index (χ1) is 9.09. The van der Waals surface area contributed by atoms with Gasteiger partial charge in [0.25, 0.3) is 0 Å². The molecule has 1 fully saturated rings. The van der Waals surface area contributed by atoms with Crippen LogP contribution in [0.2, 0.25) is 5.02 Å². The van der Waals surface area contributed by atoms with Gasteiger partial charge in [0.2, 0.25) is 9.84 Å². The number of hydrogen-bond donors (Lipinski definition) is 0. The molecule has 0 radical (unpaired) electrons. The fraction of sp³-hybridized carbons (Fsp3) is 0.143. The molecule has 2 aromatic carbocycles. The lowest BCUT2D eigenvalue weighted by Crippen LogP contribution is -2.09. The molecule has 2 atom stereocenters. The van der Waals surface area contributed by atoms with Crippen LogP contribution in [0.4, 0.5) is 0 Å². The molecule has 0 amide bonds. The highest BCUT2D eigenvalue weighted by Crippen LogP contribution is 2.44. The molecule has 1 aliphatic heterocycles. The van der Waals surface area contributed by atoms with E-state index in [1.807, 2.05) is 0 Å². The van der Waals surface area contributed by atoms with Gasteiger partial charge in [0.05, 0.1) is 4.90 Å². The standard InChI is InChI=1S/C14H11ClO3S/c15-11-8-6-10(7-9-11)13-14(18-13)19(16,17)12-4-2-1-3-5-12/h1-9,13-14H. The predicted molar refractivity (Wildman–Crippen MR) is 72.7 cm³/mol. The Morgan fingerprint density at radius 2 is 1.58 bits per heavy atom. The molecule has 2 aromatic rings. The van der Waals surface area contributed by atoms with E-state index in [4.69, 9.17) is 16.3 Å². The lowest BCUT2D eigenvalue weighted by atomic mass is 10.2. The first kappa shape index (κ1) is 12.7. The Bertz CT molecular complexity index is 680. The molecule has 2 unspecified atom stereocenters. The number of benzene rings is 2. The molecule has 0 spiro atoms.